The lowest BCUT2D eigenvalue weighted by Gasteiger charge is -2.32. The largest absolute Gasteiger partial charge is 0.444 e. The summed E-state index contributed by atoms with van der Waals surface area (Å²) in [5.41, 5.74) is -2.70. The second-order valence-corrected chi connectivity index (χ2v) is 10.7. The van der Waals surface area contributed by atoms with Gasteiger partial charge in [-0.25, -0.2) is 14.4 Å². The van der Waals surface area contributed by atoms with Gasteiger partial charge in [0.2, 0.25) is 11.8 Å². The van der Waals surface area contributed by atoms with E-state index in [4.69, 9.17) is 4.74 Å². The molecule has 15 nitrogen and oxygen atoms in total. The van der Waals surface area contributed by atoms with Crippen LogP contribution in [-0.4, -0.2) is 66.6 Å². The van der Waals surface area contributed by atoms with Gasteiger partial charge in [-0.15, -0.1) is 0 Å². The summed E-state index contributed by atoms with van der Waals surface area (Å²) in [4.78, 5) is 93.2. The minimum atomic E-state index is -1.31. The summed E-state index contributed by atoms with van der Waals surface area (Å²) in [6.07, 6.45) is 1.76. The minimum absolute atomic E-state index is 0.00462. The lowest BCUT2D eigenvalue weighted by atomic mass is 10.1. The van der Waals surface area contributed by atoms with E-state index in [2.05, 4.69) is 20.6 Å². The summed E-state index contributed by atoms with van der Waals surface area (Å²) in [6, 6.07) is 8.55. The maximum atomic E-state index is 13.8. The van der Waals surface area contributed by atoms with Crippen LogP contribution in [0.15, 0.2) is 68.0 Å². The second-order valence-electron chi connectivity index (χ2n) is 10.7. The van der Waals surface area contributed by atoms with Crippen LogP contribution >= 0.6 is 0 Å². The average molecular weight is 598 g/mol. The molecule has 4 N–H and O–H groups in total. The smallest absolute Gasteiger partial charge is 0.407 e. The summed E-state index contributed by atoms with van der Waals surface area (Å²) in [6.45, 7) is 5.61. The molecule has 0 aliphatic carbocycles. The number of ether oxygens (including phenoxy) is 1. The fourth-order valence-corrected chi connectivity index (χ4v) is 4.00. The van der Waals surface area contributed by atoms with Crippen molar-refractivity contribution in [2.24, 2.45) is 0 Å². The van der Waals surface area contributed by atoms with Crippen LogP contribution in [0.5, 0.6) is 0 Å². The molecule has 2 aromatic heterocycles. The van der Waals surface area contributed by atoms with Gasteiger partial charge in [0, 0.05) is 43.7 Å². The fourth-order valence-electron chi connectivity index (χ4n) is 4.00. The number of aryl methyl sites for hydroxylation is 1. The normalized spacial score (nSPS) is 11.8. The van der Waals surface area contributed by atoms with Crippen molar-refractivity contribution in [2.75, 3.05) is 13.1 Å². The molecule has 1 unspecified atom stereocenters. The van der Waals surface area contributed by atoms with Crippen LogP contribution in [0.4, 0.5) is 4.79 Å². The zero-order valence-corrected chi connectivity index (χ0v) is 24.3. The van der Waals surface area contributed by atoms with Gasteiger partial charge in [0.15, 0.2) is 0 Å². The van der Waals surface area contributed by atoms with E-state index >= 15 is 0 Å². The predicted octanol–water partition coefficient (Wildman–Crippen LogP) is -0.566. The van der Waals surface area contributed by atoms with E-state index in [-0.39, 0.29) is 31.7 Å². The number of carbonyl (C=O) groups is 3. The monoisotopic (exact) mass is 597 g/mol. The molecule has 0 saturated heterocycles. The Morgan fingerprint density at radius 1 is 0.930 bits per heavy atom. The van der Waals surface area contributed by atoms with Crippen LogP contribution in [-0.2, 0) is 34.0 Å². The standard InChI is InChI=1S/C28H35N7O8/c1-18-14-34(26(41)32-23(18)38)17-22(37)35(15-19-8-6-5-7-9-19)20(16-33-13-10-21(36)31-25(33)40)24(39)29-11-12-30-27(42)43-28(2,3)4/h5-10,13-14,20H,11-12,15-17H2,1-4H3,(H,29,39)(H,30,42)(H,31,36,40)(H,32,38,41). The number of H-pyrrole nitrogens is 2. The SMILES string of the molecule is Cc1cn(CC(=O)N(Cc2ccccc2)C(Cn2ccc(=O)[nH]c2=O)C(=O)NCCNC(=O)OC(C)(C)C)c(=O)[nH]c1=O. The first-order valence-corrected chi connectivity index (χ1v) is 13.4. The molecule has 230 valence electrons. The Kier molecular flexibility index (Phi) is 10.6. The number of aromatic amines is 2. The predicted molar refractivity (Wildman–Crippen MR) is 155 cm³/mol. The summed E-state index contributed by atoms with van der Waals surface area (Å²) >= 11 is 0. The number of nitrogens with zero attached hydrogens (tertiary/aromatic N) is 3. The van der Waals surface area contributed by atoms with Crippen LogP contribution in [0, 0.1) is 6.92 Å². The molecule has 0 radical (unpaired) electrons. The van der Waals surface area contributed by atoms with Crippen LogP contribution in [0.2, 0.25) is 0 Å². The minimum Gasteiger partial charge on any atom is -0.444 e. The van der Waals surface area contributed by atoms with Crippen molar-refractivity contribution in [3.8, 4) is 0 Å². The first kappa shape index (κ1) is 32.3. The number of aromatic nitrogens is 4. The van der Waals surface area contributed by atoms with Gasteiger partial charge in [-0.3, -0.25) is 38.3 Å². The summed E-state index contributed by atoms with van der Waals surface area (Å²) in [5.74, 6) is -1.33. The molecule has 2 heterocycles. The molecule has 0 aliphatic heterocycles. The molecule has 15 heteroatoms. The van der Waals surface area contributed by atoms with Gasteiger partial charge in [0.05, 0.1) is 6.54 Å². The number of carbonyl (C=O) groups excluding carboxylic acids is 3. The summed E-state index contributed by atoms with van der Waals surface area (Å²) in [7, 11) is 0. The molecular formula is C28H35N7O8. The Hall–Kier alpha value is -5.21. The summed E-state index contributed by atoms with van der Waals surface area (Å²) in [5, 5.41) is 5.18. The Balaban J connectivity index is 1.93. The van der Waals surface area contributed by atoms with E-state index in [1.165, 1.54) is 24.2 Å². The molecule has 3 aromatic rings. The first-order chi connectivity index (χ1) is 20.2. The lowest BCUT2D eigenvalue weighted by molar-refractivity contribution is -0.142. The number of rotatable bonds is 11. The van der Waals surface area contributed by atoms with Crippen LogP contribution in [0.25, 0.3) is 0 Å². The molecule has 0 saturated carbocycles. The van der Waals surface area contributed by atoms with E-state index in [1.807, 2.05) is 0 Å². The average Bonchev–Trinajstić information content (AvgIpc) is 2.92. The molecule has 0 fully saturated rings. The molecule has 3 amide bonds. The van der Waals surface area contributed by atoms with Gasteiger partial charge in [-0.1, -0.05) is 30.3 Å². The molecule has 0 spiro atoms. The van der Waals surface area contributed by atoms with Gasteiger partial charge in [0.25, 0.3) is 11.1 Å². The highest BCUT2D eigenvalue weighted by Crippen LogP contribution is 2.12. The molecule has 1 atom stereocenters. The van der Waals surface area contributed by atoms with Gasteiger partial charge in [-0.2, -0.15) is 0 Å². The Bertz CT molecular complexity index is 1680. The summed E-state index contributed by atoms with van der Waals surface area (Å²) < 4.78 is 7.27. The van der Waals surface area contributed by atoms with Crippen molar-refractivity contribution in [3.05, 3.63) is 102 Å². The van der Waals surface area contributed by atoms with E-state index in [1.54, 1.807) is 51.1 Å². The van der Waals surface area contributed by atoms with E-state index in [9.17, 15) is 33.6 Å². The quantitative estimate of drug-likeness (QED) is 0.211. The van der Waals surface area contributed by atoms with Crippen molar-refractivity contribution in [1.29, 1.82) is 0 Å². The zero-order valence-electron chi connectivity index (χ0n) is 24.3. The van der Waals surface area contributed by atoms with Gasteiger partial charge < -0.3 is 20.3 Å². The van der Waals surface area contributed by atoms with Crippen molar-refractivity contribution in [1.82, 2.24) is 34.6 Å². The number of nitrogens with one attached hydrogen (secondary N) is 4. The topological polar surface area (TPSA) is 197 Å². The third kappa shape index (κ3) is 9.69. The van der Waals surface area contributed by atoms with Crippen LogP contribution in [0.1, 0.15) is 31.9 Å². The highest BCUT2D eigenvalue weighted by molar-refractivity contribution is 5.87. The number of hydrogen-bond acceptors (Lipinski definition) is 8. The molecule has 43 heavy (non-hydrogen) atoms. The van der Waals surface area contributed by atoms with E-state index in [0.717, 1.165) is 15.2 Å². The third-order valence-electron chi connectivity index (χ3n) is 6.05. The van der Waals surface area contributed by atoms with E-state index < -0.39 is 58.6 Å². The van der Waals surface area contributed by atoms with Crippen molar-refractivity contribution in [3.63, 3.8) is 0 Å². The highest BCUT2D eigenvalue weighted by atomic mass is 16.6. The molecule has 1 aromatic carbocycles. The van der Waals surface area contributed by atoms with Crippen molar-refractivity contribution < 1.29 is 19.1 Å². The van der Waals surface area contributed by atoms with Crippen molar-refractivity contribution in [2.45, 2.75) is 59.0 Å². The first-order valence-electron chi connectivity index (χ1n) is 13.4. The Labute approximate surface area is 245 Å². The molecule has 0 aliphatic rings. The molecular weight excluding hydrogens is 562 g/mol. The maximum Gasteiger partial charge on any atom is 0.407 e. The van der Waals surface area contributed by atoms with Gasteiger partial charge in [0.1, 0.15) is 18.2 Å². The van der Waals surface area contributed by atoms with Crippen molar-refractivity contribution >= 4 is 17.9 Å². The van der Waals surface area contributed by atoms with Gasteiger partial charge in [-0.05, 0) is 33.3 Å². The second kappa shape index (κ2) is 14.1. The Morgan fingerprint density at radius 2 is 1.58 bits per heavy atom. The number of hydrogen-bond donors (Lipinski definition) is 4. The zero-order chi connectivity index (χ0) is 31.7. The maximum absolute atomic E-state index is 13.8. The highest BCUT2D eigenvalue weighted by Gasteiger charge is 2.31. The fraction of sp³-hybridized carbons (Fsp3) is 0.393. The number of amides is 3. The van der Waals surface area contributed by atoms with Gasteiger partial charge >= 0.3 is 17.5 Å². The number of benzene rings is 1. The molecule has 0 bridgehead atoms. The molecule has 3 rings (SSSR count). The Morgan fingerprint density at radius 3 is 2.23 bits per heavy atom. The third-order valence-corrected chi connectivity index (χ3v) is 6.05. The number of alkyl carbamates (subject to hydrolysis) is 1. The van der Waals surface area contributed by atoms with Crippen LogP contribution in [0.3, 0.4) is 0 Å². The van der Waals surface area contributed by atoms with Crippen LogP contribution < -0.4 is 33.1 Å². The van der Waals surface area contributed by atoms with E-state index in [0.29, 0.717) is 5.56 Å². The lowest BCUT2D eigenvalue weighted by Crippen LogP contribution is -2.54.